The molecule has 0 aliphatic rings. The van der Waals surface area contributed by atoms with E-state index in [0.717, 1.165) is 16.7 Å². The third-order valence-corrected chi connectivity index (χ3v) is 1.75. The van der Waals surface area contributed by atoms with Crippen molar-refractivity contribution >= 4 is 10.9 Å². The second kappa shape index (κ2) is 3.01. The first kappa shape index (κ1) is 9.06. The summed E-state index contributed by atoms with van der Waals surface area (Å²) < 4.78 is 10.6. The number of ether oxygens (including phenoxy) is 1. The van der Waals surface area contributed by atoms with Gasteiger partial charge in [-0.25, -0.2) is 0 Å². The van der Waals surface area contributed by atoms with E-state index in [1.165, 1.54) is 0 Å². The Hall–Kier alpha value is -1.51. The van der Waals surface area contributed by atoms with E-state index < -0.39 is 0 Å². The first-order valence-corrected chi connectivity index (χ1v) is 4.58. The lowest BCUT2D eigenvalue weighted by atomic mass is 10.2. The minimum atomic E-state index is -0.176. The van der Waals surface area contributed by atoms with Gasteiger partial charge in [0.05, 0.1) is 0 Å². The molecule has 74 valence electrons. The lowest BCUT2D eigenvalue weighted by Gasteiger charge is -2.20. The lowest BCUT2D eigenvalue weighted by Crippen LogP contribution is -2.22. The molecule has 1 aromatic heterocycles. The van der Waals surface area contributed by atoms with Crippen molar-refractivity contribution in [2.75, 3.05) is 0 Å². The van der Waals surface area contributed by atoms with Gasteiger partial charge in [0.25, 0.3) is 0 Å². The van der Waals surface area contributed by atoms with Gasteiger partial charge < -0.3 is 9.26 Å². The van der Waals surface area contributed by atoms with Crippen LogP contribution >= 0.6 is 0 Å². The molecule has 0 aliphatic carbocycles. The minimum absolute atomic E-state index is 0.176. The first-order valence-electron chi connectivity index (χ1n) is 4.58. The largest absolute Gasteiger partial charge is 0.488 e. The molecule has 0 N–H and O–H groups in total. The number of hydrogen-bond acceptors (Lipinski definition) is 3. The van der Waals surface area contributed by atoms with Gasteiger partial charge in [0.15, 0.2) is 0 Å². The van der Waals surface area contributed by atoms with Crippen LogP contribution in [-0.4, -0.2) is 10.8 Å². The maximum atomic E-state index is 5.71. The second-order valence-electron chi connectivity index (χ2n) is 4.25. The van der Waals surface area contributed by atoms with Crippen LogP contribution in [0.15, 0.2) is 29.0 Å². The summed E-state index contributed by atoms with van der Waals surface area (Å²) in [6.45, 7) is 6.06. The average molecular weight is 191 g/mol. The van der Waals surface area contributed by atoms with E-state index in [1.54, 1.807) is 6.26 Å². The van der Waals surface area contributed by atoms with Gasteiger partial charge in [-0.1, -0.05) is 5.16 Å². The Morgan fingerprint density at radius 2 is 2.07 bits per heavy atom. The Morgan fingerprint density at radius 1 is 1.29 bits per heavy atom. The van der Waals surface area contributed by atoms with Crippen LogP contribution < -0.4 is 4.74 Å². The highest BCUT2D eigenvalue weighted by Gasteiger charge is 2.12. The van der Waals surface area contributed by atoms with E-state index in [0.29, 0.717) is 0 Å². The molecule has 3 nitrogen and oxygen atoms in total. The van der Waals surface area contributed by atoms with E-state index in [2.05, 4.69) is 5.16 Å². The number of nitrogens with zero attached hydrogens (tertiary/aromatic N) is 1. The molecule has 3 heteroatoms. The molecule has 0 fully saturated rings. The summed E-state index contributed by atoms with van der Waals surface area (Å²) >= 11 is 0. The lowest BCUT2D eigenvalue weighted by molar-refractivity contribution is 0.131. The van der Waals surface area contributed by atoms with Crippen LogP contribution in [0.25, 0.3) is 10.9 Å². The Balaban J connectivity index is 2.35. The summed E-state index contributed by atoms with van der Waals surface area (Å²) in [6.07, 6.45) is 1.62. The highest BCUT2D eigenvalue weighted by Crippen LogP contribution is 2.22. The van der Waals surface area contributed by atoms with Crippen LogP contribution in [0.2, 0.25) is 0 Å². The van der Waals surface area contributed by atoms with Gasteiger partial charge in [-0.3, -0.25) is 0 Å². The molecular weight excluding hydrogens is 178 g/mol. The zero-order valence-corrected chi connectivity index (χ0v) is 8.57. The van der Waals surface area contributed by atoms with Gasteiger partial charge >= 0.3 is 0 Å². The van der Waals surface area contributed by atoms with Gasteiger partial charge in [0.2, 0.25) is 0 Å². The summed E-state index contributed by atoms with van der Waals surface area (Å²) in [6, 6.07) is 5.72. The molecule has 0 saturated carbocycles. The zero-order valence-electron chi connectivity index (χ0n) is 8.57. The molecule has 0 unspecified atom stereocenters. The Bertz CT molecular complexity index is 440. The SMILES string of the molecule is CC(C)(C)Oc1ccc2nocc2c1. The summed E-state index contributed by atoms with van der Waals surface area (Å²) in [5.41, 5.74) is 0.677. The predicted molar refractivity (Wildman–Crippen MR) is 54.4 cm³/mol. The van der Waals surface area contributed by atoms with Gasteiger partial charge in [-0.2, -0.15) is 0 Å². The number of benzene rings is 1. The quantitative estimate of drug-likeness (QED) is 0.695. The van der Waals surface area contributed by atoms with E-state index in [4.69, 9.17) is 9.26 Å². The van der Waals surface area contributed by atoms with Gasteiger partial charge in [-0.05, 0) is 39.0 Å². The monoisotopic (exact) mass is 191 g/mol. The summed E-state index contributed by atoms with van der Waals surface area (Å²) in [4.78, 5) is 0. The van der Waals surface area contributed by atoms with Crippen LogP contribution in [-0.2, 0) is 0 Å². The average Bonchev–Trinajstić information content (AvgIpc) is 2.47. The van der Waals surface area contributed by atoms with Crippen molar-refractivity contribution in [1.29, 1.82) is 0 Å². The number of aromatic nitrogens is 1. The van der Waals surface area contributed by atoms with Gasteiger partial charge in [0, 0.05) is 5.39 Å². The highest BCUT2D eigenvalue weighted by atomic mass is 16.5. The molecular formula is C11H13NO2. The van der Waals surface area contributed by atoms with E-state index in [1.807, 2.05) is 39.0 Å². The fourth-order valence-corrected chi connectivity index (χ4v) is 1.27. The molecule has 1 aromatic carbocycles. The summed E-state index contributed by atoms with van der Waals surface area (Å²) in [5, 5.41) is 4.79. The van der Waals surface area contributed by atoms with Gasteiger partial charge in [-0.15, -0.1) is 0 Å². The smallest absolute Gasteiger partial charge is 0.131 e. The van der Waals surface area contributed by atoms with Crippen molar-refractivity contribution in [3.05, 3.63) is 24.5 Å². The van der Waals surface area contributed by atoms with E-state index in [-0.39, 0.29) is 5.60 Å². The maximum absolute atomic E-state index is 5.71. The second-order valence-corrected chi connectivity index (χ2v) is 4.25. The molecule has 0 saturated heterocycles. The summed E-state index contributed by atoms with van der Waals surface area (Å²) in [7, 11) is 0. The Kier molecular flexibility index (Phi) is 1.95. The highest BCUT2D eigenvalue weighted by molar-refractivity contribution is 5.78. The molecule has 1 heterocycles. The molecule has 0 aliphatic heterocycles. The number of rotatable bonds is 1. The minimum Gasteiger partial charge on any atom is -0.488 e. The fourth-order valence-electron chi connectivity index (χ4n) is 1.27. The normalized spacial score (nSPS) is 11.9. The molecule has 2 aromatic rings. The Morgan fingerprint density at radius 3 is 2.79 bits per heavy atom. The van der Waals surface area contributed by atoms with Crippen LogP contribution in [0.1, 0.15) is 20.8 Å². The van der Waals surface area contributed by atoms with Gasteiger partial charge in [0.1, 0.15) is 23.1 Å². The van der Waals surface area contributed by atoms with Crippen LogP contribution in [0.5, 0.6) is 5.75 Å². The third kappa shape index (κ3) is 1.87. The van der Waals surface area contributed by atoms with Crippen molar-refractivity contribution < 1.29 is 9.26 Å². The molecule has 0 spiro atoms. The molecule has 0 radical (unpaired) electrons. The van der Waals surface area contributed by atoms with Crippen molar-refractivity contribution in [2.24, 2.45) is 0 Å². The molecule has 0 amide bonds. The van der Waals surface area contributed by atoms with Crippen molar-refractivity contribution in [1.82, 2.24) is 5.16 Å². The molecule has 0 bridgehead atoms. The number of hydrogen-bond donors (Lipinski definition) is 0. The maximum Gasteiger partial charge on any atom is 0.131 e. The van der Waals surface area contributed by atoms with Crippen LogP contribution in [0, 0.1) is 0 Å². The first-order chi connectivity index (χ1) is 6.54. The van der Waals surface area contributed by atoms with Crippen LogP contribution in [0.4, 0.5) is 0 Å². The molecule has 0 atom stereocenters. The molecule has 14 heavy (non-hydrogen) atoms. The fraction of sp³-hybridized carbons (Fsp3) is 0.364. The van der Waals surface area contributed by atoms with Crippen LogP contribution in [0.3, 0.4) is 0 Å². The standard InChI is InChI=1S/C11H13NO2/c1-11(2,3)14-9-4-5-10-8(6-9)7-13-12-10/h4-7H,1-3H3. The van der Waals surface area contributed by atoms with E-state index >= 15 is 0 Å². The van der Waals surface area contributed by atoms with E-state index in [9.17, 15) is 0 Å². The van der Waals surface area contributed by atoms with Crippen molar-refractivity contribution in [3.63, 3.8) is 0 Å². The zero-order chi connectivity index (χ0) is 10.2. The third-order valence-electron chi connectivity index (χ3n) is 1.75. The molecule has 2 rings (SSSR count). The topological polar surface area (TPSA) is 35.3 Å². The summed E-state index contributed by atoms with van der Waals surface area (Å²) in [5.74, 6) is 0.841. The Labute approximate surface area is 82.7 Å². The number of fused-ring (bicyclic) bond motifs is 1. The van der Waals surface area contributed by atoms with Crippen molar-refractivity contribution in [2.45, 2.75) is 26.4 Å². The van der Waals surface area contributed by atoms with Crippen molar-refractivity contribution in [3.8, 4) is 5.75 Å². The predicted octanol–water partition coefficient (Wildman–Crippen LogP) is 3.01.